The number of hydrogen-bond acceptors (Lipinski definition) is 5. The summed E-state index contributed by atoms with van der Waals surface area (Å²) in [4.78, 5) is 26.4. The summed E-state index contributed by atoms with van der Waals surface area (Å²) in [5.74, 6) is -0.283. The van der Waals surface area contributed by atoms with E-state index in [2.05, 4.69) is 15.0 Å². The standard InChI is InChI=1S/C20H19N3O5S/c1-13(24)14-10-18(21-12-14)20(25)22-15-6-5-7-16(11-15)29(26,27)23-17-8-3-4-9-19(17)28-2/h3-12,21,23H,1-2H3,(H,22,25). The van der Waals surface area contributed by atoms with Crippen LogP contribution in [-0.2, 0) is 10.0 Å². The first-order valence-electron chi connectivity index (χ1n) is 8.57. The summed E-state index contributed by atoms with van der Waals surface area (Å²) in [5.41, 5.74) is 1.16. The van der Waals surface area contributed by atoms with Gasteiger partial charge in [-0.15, -0.1) is 0 Å². The molecule has 29 heavy (non-hydrogen) atoms. The Morgan fingerprint density at radius 2 is 1.79 bits per heavy atom. The van der Waals surface area contributed by atoms with E-state index in [1.807, 2.05) is 0 Å². The highest BCUT2D eigenvalue weighted by Crippen LogP contribution is 2.27. The lowest BCUT2D eigenvalue weighted by Gasteiger charge is -2.12. The van der Waals surface area contributed by atoms with Crippen molar-refractivity contribution >= 4 is 33.1 Å². The Kier molecular flexibility index (Phi) is 5.69. The van der Waals surface area contributed by atoms with Crippen molar-refractivity contribution in [3.05, 3.63) is 72.1 Å². The van der Waals surface area contributed by atoms with E-state index in [1.165, 1.54) is 44.5 Å². The second kappa shape index (κ2) is 8.19. The highest BCUT2D eigenvalue weighted by Gasteiger charge is 2.18. The third kappa shape index (κ3) is 4.64. The molecule has 0 fully saturated rings. The van der Waals surface area contributed by atoms with Crippen LogP contribution < -0.4 is 14.8 Å². The van der Waals surface area contributed by atoms with Gasteiger partial charge in [-0.25, -0.2) is 8.42 Å². The summed E-state index contributed by atoms with van der Waals surface area (Å²) < 4.78 is 33.1. The van der Waals surface area contributed by atoms with E-state index in [4.69, 9.17) is 4.74 Å². The number of nitrogens with one attached hydrogen (secondary N) is 3. The second-order valence-corrected chi connectivity index (χ2v) is 7.83. The Morgan fingerprint density at radius 1 is 1.03 bits per heavy atom. The number of aromatic amines is 1. The third-order valence-electron chi connectivity index (χ3n) is 4.09. The molecule has 0 saturated heterocycles. The largest absolute Gasteiger partial charge is 0.495 e. The number of H-pyrrole nitrogens is 1. The van der Waals surface area contributed by atoms with E-state index >= 15 is 0 Å². The smallest absolute Gasteiger partial charge is 0.272 e. The van der Waals surface area contributed by atoms with Gasteiger partial charge in [0.05, 0.1) is 17.7 Å². The number of para-hydroxylation sites is 2. The van der Waals surface area contributed by atoms with Gasteiger partial charge in [-0.2, -0.15) is 0 Å². The first-order chi connectivity index (χ1) is 13.8. The number of anilines is 2. The van der Waals surface area contributed by atoms with Gasteiger partial charge in [-0.3, -0.25) is 14.3 Å². The Bertz CT molecular complexity index is 1170. The van der Waals surface area contributed by atoms with Crippen molar-refractivity contribution in [3.8, 4) is 5.75 Å². The molecule has 0 aliphatic heterocycles. The minimum atomic E-state index is -3.91. The van der Waals surface area contributed by atoms with Crippen molar-refractivity contribution in [2.24, 2.45) is 0 Å². The summed E-state index contributed by atoms with van der Waals surface area (Å²) in [7, 11) is -2.46. The molecule has 0 radical (unpaired) electrons. The van der Waals surface area contributed by atoms with Crippen molar-refractivity contribution in [3.63, 3.8) is 0 Å². The van der Waals surface area contributed by atoms with E-state index in [0.717, 1.165) is 0 Å². The van der Waals surface area contributed by atoms with Crippen molar-refractivity contribution in [1.29, 1.82) is 0 Å². The van der Waals surface area contributed by atoms with Crippen LogP contribution in [0.5, 0.6) is 5.75 Å². The van der Waals surface area contributed by atoms with Crippen molar-refractivity contribution in [2.75, 3.05) is 17.1 Å². The van der Waals surface area contributed by atoms with Crippen LogP contribution in [0.3, 0.4) is 0 Å². The molecule has 2 aromatic carbocycles. The van der Waals surface area contributed by atoms with Gasteiger partial charge in [0, 0.05) is 17.4 Å². The quantitative estimate of drug-likeness (QED) is 0.514. The van der Waals surface area contributed by atoms with Crippen LogP contribution in [0.15, 0.2) is 65.7 Å². The molecule has 0 unspecified atom stereocenters. The fourth-order valence-corrected chi connectivity index (χ4v) is 3.72. The molecule has 0 aliphatic rings. The molecule has 1 heterocycles. The fraction of sp³-hybridized carbons (Fsp3) is 0.100. The Hall–Kier alpha value is -3.59. The predicted octanol–water partition coefficient (Wildman–Crippen LogP) is 3.28. The van der Waals surface area contributed by atoms with Crippen LogP contribution in [0.4, 0.5) is 11.4 Å². The van der Waals surface area contributed by atoms with Crippen molar-refractivity contribution in [2.45, 2.75) is 11.8 Å². The van der Waals surface area contributed by atoms with E-state index in [0.29, 0.717) is 17.0 Å². The number of benzene rings is 2. The molecule has 8 nitrogen and oxygen atoms in total. The Balaban J connectivity index is 1.81. The van der Waals surface area contributed by atoms with Crippen LogP contribution >= 0.6 is 0 Å². The number of methoxy groups -OCH3 is 1. The second-order valence-electron chi connectivity index (χ2n) is 6.15. The van der Waals surface area contributed by atoms with E-state index in [1.54, 1.807) is 30.3 Å². The molecular formula is C20H19N3O5S. The molecule has 3 N–H and O–H groups in total. The van der Waals surface area contributed by atoms with Gasteiger partial charge in [0.1, 0.15) is 11.4 Å². The van der Waals surface area contributed by atoms with Crippen LogP contribution in [0.25, 0.3) is 0 Å². The lowest BCUT2D eigenvalue weighted by atomic mass is 10.2. The summed E-state index contributed by atoms with van der Waals surface area (Å²) in [6.45, 7) is 1.40. The average molecular weight is 413 g/mol. The van der Waals surface area contributed by atoms with Gasteiger partial charge < -0.3 is 15.0 Å². The van der Waals surface area contributed by atoms with Crippen molar-refractivity contribution < 1.29 is 22.7 Å². The zero-order valence-corrected chi connectivity index (χ0v) is 16.5. The van der Waals surface area contributed by atoms with Gasteiger partial charge >= 0.3 is 0 Å². The van der Waals surface area contributed by atoms with Gasteiger partial charge in [0.25, 0.3) is 15.9 Å². The lowest BCUT2D eigenvalue weighted by molar-refractivity contribution is 0.101. The van der Waals surface area contributed by atoms with Crippen LogP contribution in [-0.4, -0.2) is 32.2 Å². The summed E-state index contributed by atoms with van der Waals surface area (Å²) in [5, 5.41) is 2.61. The van der Waals surface area contributed by atoms with Crippen molar-refractivity contribution in [1.82, 2.24) is 4.98 Å². The molecule has 9 heteroatoms. The maximum Gasteiger partial charge on any atom is 0.272 e. The van der Waals surface area contributed by atoms with E-state index in [9.17, 15) is 18.0 Å². The molecule has 150 valence electrons. The minimum Gasteiger partial charge on any atom is -0.495 e. The summed E-state index contributed by atoms with van der Waals surface area (Å²) >= 11 is 0. The van der Waals surface area contributed by atoms with Gasteiger partial charge in [-0.05, 0) is 43.3 Å². The lowest BCUT2D eigenvalue weighted by Crippen LogP contribution is -2.15. The number of Topliss-reactive ketones (excluding diaryl/α,β-unsaturated/α-hetero) is 1. The number of aromatic nitrogens is 1. The first-order valence-corrected chi connectivity index (χ1v) is 10.0. The molecule has 0 atom stereocenters. The minimum absolute atomic E-state index is 0.0304. The van der Waals surface area contributed by atoms with E-state index < -0.39 is 15.9 Å². The molecule has 1 aromatic heterocycles. The fourth-order valence-electron chi connectivity index (χ4n) is 2.60. The molecule has 0 bridgehead atoms. The normalized spacial score (nSPS) is 11.0. The van der Waals surface area contributed by atoms with Gasteiger partial charge in [0.15, 0.2) is 5.78 Å². The number of sulfonamides is 1. The molecule has 1 amide bonds. The topological polar surface area (TPSA) is 117 Å². The van der Waals surface area contributed by atoms with Gasteiger partial charge in [-0.1, -0.05) is 18.2 Å². The summed E-state index contributed by atoms with van der Waals surface area (Å²) in [6.07, 6.45) is 1.44. The average Bonchev–Trinajstić information content (AvgIpc) is 3.19. The Morgan fingerprint density at radius 3 is 2.48 bits per heavy atom. The maximum atomic E-state index is 12.7. The number of ether oxygens (including phenoxy) is 1. The zero-order chi connectivity index (χ0) is 21.0. The van der Waals surface area contributed by atoms with Crippen LogP contribution in [0, 0.1) is 0 Å². The molecule has 3 aromatic rings. The zero-order valence-electron chi connectivity index (χ0n) is 15.7. The van der Waals surface area contributed by atoms with Crippen LogP contribution in [0.2, 0.25) is 0 Å². The number of carbonyl (C=O) groups is 2. The predicted molar refractivity (Wildman–Crippen MR) is 109 cm³/mol. The highest BCUT2D eigenvalue weighted by molar-refractivity contribution is 7.92. The van der Waals surface area contributed by atoms with Crippen LogP contribution in [0.1, 0.15) is 27.8 Å². The molecule has 3 rings (SSSR count). The Labute approximate surface area is 168 Å². The molecule has 0 aliphatic carbocycles. The first kappa shape index (κ1) is 20.2. The molecular weight excluding hydrogens is 394 g/mol. The number of ketones is 1. The monoisotopic (exact) mass is 413 g/mol. The van der Waals surface area contributed by atoms with Gasteiger partial charge in [0.2, 0.25) is 0 Å². The number of rotatable bonds is 7. The summed E-state index contributed by atoms with van der Waals surface area (Å²) in [6, 6.07) is 13.9. The highest BCUT2D eigenvalue weighted by atomic mass is 32.2. The number of hydrogen-bond donors (Lipinski definition) is 3. The SMILES string of the molecule is COc1ccccc1NS(=O)(=O)c1cccc(NC(=O)c2cc(C(C)=O)c[nH]2)c1. The van der Waals surface area contributed by atoms with E-state index in [-0.39, 0.29) is 22.1 Å². The third-order valence-corrected chi connectivity index (χ3v) is 5.45. The number of amides is 1. The molecule has 0 spiro atoms. The maximum absolute atomic E-state index is 12.7. The molecule has 0 saturated carbocycles. The number of carbonyl (C=O) groups excluding carboxylic acids is 2.